The first-order valence-corrected chi connectivity index (χ1v) is 10.1. The van der Waals surface area contributed by atoms with E-state index in [0.29, 0.717) is 30.7 Å². The minimum atomic E-state index is -4.52. The number of halogens is 5. The largest absolute Gasteiger partial charge is 0.433 e. The molecule has 0 aromatic carbocycles. The van der Waals surface area contributed by atoms with E-state index in [4.69, 9.17) is 0 Å². The molecule has 0 aliphatic carbocycles. The molecule has 5 heterocycles. The van der Waals surface area contributed by atoms with Crippen molar-refractivity contribution in [2.45, 2.75) is 32.5 Å². The molecule has 12 heteroatoms. The van der Waals surface area contributed by atoms with E-state index in [0.717, 1.165) is 24.7 Å². The molecule has 0 N–H and O–H groups in total. The minimum Gasteiger partial charge on any atom is -0.370 e. The molecule has 0 radical (unpaired) electrons. The number of fused-ring (bicyclic) bond motifs is 1. The van der Waals surface area contributed by atoms with Gasteiger partial charge in [-0.15, -0.1) is 0 Å². The number of hydrogen-bond acceptors (Lipinski definition) is 6. The third kappa shape index (κ3) is 3.71. The maximum absolute atomic E-state index is 13.1. The highest BCUT2D eigenvalue weighted by Crippen LogP contribution is 2.43. The fourth-order valence-electron chi connectivity index (χ4n) is 4.59. The molecule has 5 rings (SSSR count). The Morgan fingerprint density at radius 1 is 1.06 bits per heavy atom. The Labute approximate surface area is 179 Å². The van der Waals surface area contributed by atoms with Crippen molar-refractivity contribution >= 4 is 22.5 Å². The lowest BCUT2D eigenvalue weighted by Crippen LogP contribution is -2.58. The van der Waals surface area contributed by atoms with Crippen LogP contribution in [-0.2, 0) is 12.7 Å². The van der Waals surface area contributed by atoms with E-state index >= 15 is 0 Å². The first-order chi connectivity index (χ1) is 15.1. The predicted molar refractivity (Wildman–Crippen MR) is 107 cm³/mol. The van der Waals surface area contributed by atoms with Crippen LogP contribution in [0.25, 0.3) is 11.0 Å². The highest BCUT2D eigenvalue weighted by molar-refractivity contribution is 5.78. The van der Waals surface area contributed by atoms with E-state index in [1.807, 2.05) is 11.0 Å². The SMILES string of the molecule is Cc1nc(N2CC3(CCN(c4cnc5cnn(CC(F)F)c5c4)C3)C2)cc(C(F)(F)F)n1. The molecule has 0 unspecified atom stereocenters. The topological polar surface area (TPSA) is 63.0 Å². The molecule has 170 valence electrons. The van der Waals surface area contributed by atoms with Crippen LogP contribution in [0, 0.1) is 12.3 Å². The Kier molecular flexibility index (Phi) is 4.71. The summed E-state index contributed by atoms with van der Waals surface area (Å²) in [6.45, 7) is 3.60. The number of nitrogens with zero attached hydrogens (tertiary/aromatic N) is 7. The lowest BCUT2D eigenvalue weighted by Gasteiger charge is -2.48. The minimum absolute atomic E-state index is 0.0601. The molecule has 0 atom stereocenters. The number of rotatable bonds is 4. The molecule has 2 saturated heterocycles. The Hall–Kier alpha value is -3.05. The number of aryl methyl sites for hydroxylation is 1. The molecule has 2 fully saturated rings. The van der Waals surface area contributed by atoms with Crippen LogP contribution in [0.2, 0.25) is 0 Å². The standard InChI is InChI=1S/C20H20F5N7/c1-12-28-16(20(23,24)25)5-18(29-12)31-10-19(11-31)2-3-30(9-19)13-4-15-14(26-6-13)7-27-32(15)8-17(21)22/h4-7,17H,2-3,8-11H2,1H3. The molecule has 32 heavy (non-hydrogen) atoms. The molecule has 7 nitrogen and oxygen atoms in total. The average molecular weight is 453 g/mol. The number of anilines is 2. The summed E-state index contributed by atoms with van der Waals surface area (Å²) in [6, 6.07) is 2.81. The van der Waals surface area contributed by atoms with Crippen molar-refractivity contribution < 1.29 is 22.0 Å². The summed E-state index contributed by atoms with van der Waals surface area (Å²) < 4.78 is 66.1. The van der Waals surface area contributed by atoms with Crippen LogP contribution in [0.3, 0.4) is 0 Å². The van der Waals surface area contributed by atoms with Gasteiger partial charge >= 0.3 is 6.18 Å². The van der Waals surface area contributed by atoms with Crippen LogP contribution in [-0.4, -0.2) is 57.3 Å². The van der Waals surface area contributed by atoms with Crippen molar-refractivity contribution in [2.24, 2.45) is 5.41 Å². The first kappa shape index (κ1) is 20.8. The zero-order valence-electron chi connectivity index (χ0n) is 17.1. The fraction of sp³-hybridized carbons (Fsp3) is 0.500. The van der Waals surface area contributed by atoms with Gasteiger partial charge in [-0.2, -0.15) is 18.3 Å². The molecule has 0 saturated carbocycles. The van der Waals surface area contributed by atoms with Gasteiger partial charge in [0.25, 0.3) is 6.43 Å². The van der Waals surface area contributed by atoms with Crippen molar-refractivity contribution in [1.82, 2.24) is 24.7 Å². The molecule has 3 aromatic rings. The summed E-state index contributed by atoms with van der Waals surface area (Å²) in [4.78, 5) is 16.0. The van der Waals surface area contributed by atoms with Crippen LogP contribution in [0.1, 0.15) is 17.9 Å². The third-order valence-electron chi connectivity index (χ3n) is 6.09. The van der Waals surface area contributed by atoms with E-state index in [1.165, 1.54) is 17.8 Å². The van der Waals surface area contributed by atoms with Gasteiger partial charge in [-0.1, -0.05) is 0 Å². The molecule has 1 spiro atoms. The van der Waals surface area contributed by atoms with Crippen molar-refractivity contribution in [3.63, 3.8) is 0 Å². The molecular formula is C20H20F5N7. The zero-order valence-corrected chi connectivity index (χ0v) is 17.1. The van der Waals surface area contributed by atoms with Crippen LogP contribution < -0.4 is 9.80 Å². The Morgan fingerprint density at radius 2 is 1.81 bits per heavy atom. The van der Waals surface area contributed by atoms with E-state index in [2.05, 4.69) is 25.0 Å². The first-order valence-electron chi connectivity index (χ1n) is 10.1. The Balaban J connectivity index is 1.30. The van der Waals surface area contributed by atoms with E-state index in [1.54, 1.807) is 6.20 Å². The normalized spacial score (nSPS) is 18.2. The van der Waals surface area contributed by atoms with Crippen LogP contribution >= 0.6 is 0 Å². The van der Waals surface area contributed by atoms with Crippen molar-refractivity contribution in [2.75, 3.05) is 36.0 Å². The number of pyridine rings is 1. The maximum atomic E-state index is 13.1. The van der Waals surface area contributed by atoms with Crippen LogP contribution in [0.15, 0.2) is 24.5 Å². The summed E-state index contributed by atoms with van der Waals surface area (Å²) in [5, 5.41) is 3.99. The number of alkyl halides is 5. The lowest BCUT2D eigenvalue weighted by atomic mass is 9.79. The highest BCUT2D eigenvalue weighted by atomic mass is 19.4. The van der Waals surface area contributed by atoms with Crippen molar-refractivity contribution in [3.05, 3.63) is 36.0 Å². The second kappa shape index (κ2) is 7.24. The van der Waals surface area contributed by atoms with Gasteiger partial charge in [0.1, 0.15) is 29.4 Å². The zero-order chi connectivity index (χ0) is 22.7. The Bertz CT molecular complexity index is 1150. The average Bonchev–Trinajstić information content (AvgIpc) is 3.30. The van der Waals surface area contributed by atoms with Gasteiger partial charge < -0.3 is 9.80 Å². The second-order valence-corrected chi connectivity index (χ2v) is 8.50. The smallest absolute Gasteiger partial charge is 0.370 e. The molecular weight excluding hydrogens is 433 g/mol. The van der Waals surface area contributed by atoms with E-state index in [9.17, 15) is 22.0 Å². The summed E-state index contributed by atoms with van der Waals surface area (Å²) in [7, 11) is 0. The van der Waals surface area contributed by atoms with Gasteiger partial charge in [0, 0.05) is 37.7 Å². The third-order valence-corrected chi connectivity index (χ3v) is 6.09. The quantitative estimate of drug-likeness (QED) is 0.564. The van der Waals surface area contributed by atoms with Crippen LogP contribution in [0.4, 0.5) is 33.5 Å². The van der Waals surface area contributed by atoms with E-state index in [-0.39, 0.29) is 17.1 Å². The lowest BCUT2D eigenvalue weighted by molar-refractivity contribution is -0.141. The van der Waals surface area contributed by atoms with Crippen LogP contribution in [0.5, 0.6) is 0 Å². The summed E-state index contributed by atoms with van der Waals surface area (Å²) in [5.74, 6) is 0.372. The second-order valence-electron chi connectivity index (χ2n) is 8.50. The predicted octanol–water partition coefficient (Wildman–Crippen LogP) is 3.53. The highest BCUT2D eigenvalue weighted by Gasteiger charge is 2.48. The van der Waals surface area contributed by atoms with Gasteiger partial charge in [0.05, 0.1) is 23.6 Å². The number of hydrogen-bond donors (Lipinski definition) is 0. The van der Waals surface area contributed by atoms with Crippen molar-refractivity contribution in [3.8, 4) is 0 Å². The van der Waals surface area contributed by atoms with Crippen molar-refractivity contribution in [1.29, 1.82) is 0 Å². The van der Waals surface area contributed by atoms with Gasteiger partial charge in [0.15, 0.2) is 0 Å². The number of aromatic nitrogens is 5. The molecule has 0 bridgehead atoms. The molecule has 2 aliphatic rings. The Morgan fingerprint density at radius 3 is 2.53 bits per heavy atom. The summed E-state index contributed by atoms with van der Waals surface area (Å²) >= 11 is 0. The monoisotopic (exact) mass is 453 g/mol. The molecule has 0 amide bonds. The van der Waals surface area contributed by atoms with Gasteiger partial charge in [-0.25, -0.2) is 18.7 Å². The van der Waals surface area contributed by atoms with Gasteiger partial charge in [-0.05, 0) is 19.4 Å². The van der Waals surface area contributed by atoms with E-state index < -0.39 is 24.8 Å². The molecule has 3 aromatic heterocycles. The summed E-state index contributed by atoms with van der Waals surface area (Å²) in [5.41, 5.74) is 0.929. The maximum Gasteiger partial charge on any atom is 0.433 e. The van der Waals surface area contributed by atoms with Gasteiger partial charge in [0.2, 0.25) is 0 Å². The summed E-state index contributed by atoms with van der Waals surface area (Å²) in [6.07, 6.45) is -2.99. The van der Waals surface area contributed by atoms with Gasteiger partial charge in [-0.3, -0.25) is 9.67 Å². The fourth-order valence-corrected chi connectivity index (χ4v) is 4.59. The molecule has 2 aliphatic heterocycles.